The van der Waals surface area contributed by atoms with Gasteiger partial charge in [0.1, 0.15) is 0 Å². The van der Waals surface area contributed by atoms with Gasteiger partial charge in [0.15, 0.2) is 0 Å². The highest BCUT2D eigenvalue weighted by Gasteiger charge is 2.18. The minimum Gasteiger partial charge on any atom is -0.293 e. The molecule has 0 fully saturated rings. The zero-order valence-electron chi connectivity index (χ0n) is 8.08. The van der Waals surface area contributed by atoms with Crippen molar-refractivity contribution in [1.29, 1.82) is 5.26 Å². The number of hydrogen-bond donors (Lipinski definition) is 2. The van der Waals surface area contributed by atoms with Crippen LogP contribution in [0.1, 0.15) is 20.3 Å². The molecule has 0 rings (SSSR count). The first-order valence-corrected chi connectivity index (χ1v) is 4.28. The van der Waals surface area contributed by atoms with E-state index in [2.05, 4.69) is 5.43 Å². The molecule has 13 heavy (non-hydrogen) atoms. The molecule has 0 aromatic carbocycles. The standard InChI is InChI=1S/C8H16N4O/c1-3-12(6-4-5-9)7(2)8(13)11-10/h7H,3-4,6,10H2,1-2H3,(H,11,13). The van der Waals surface area contributed by atoms with Crippen molar-refractivity contribution in [2.45, 2.75) is 26.3 Å². The highest BCUT2D eigenvalue weighted by Crippen LogP contribution is 1.99. The summed E-state index contributed by atoms with van der Waals surface area (Å²) >= 11 is 0. The molecule has 0 saturated heterocycles. The van der Waals surface area contributed by atoms with E-state index in [1.807, 2.05) is 17.9 Å². The van der Waals surface area contributed by atoms with Crippen molar-refractivity contribution in [3.05, 3.63) is 0 Å². The SMILES string of the molecule is CCN(CCC#N)C(C)C(=O)NN. The number of rotatable bonds is 5. The van der Waals surface area contributed by atoms with E-state index in [0.29, 0.717) is 13.0 Å². The topological polar surface area (TPSA) is 82.2 Å². The molecule has 3 N–H and O–H groups in total. The molecule has 5 nitrogen and oxygen atoms in total. The van der Waals surface area contributed by atoms with Crippen LogP contribution < -0.4 is 11.3 Å². The molecule has 0 saturated carbocycles. The van der Waals surface area contributed by atoms with Crippen LogP contribution in [0, 0.1) is 11.3 Å². The third kappa shape index (κ3) is 3.87. The van der Waals surface area contributed by atoms with E-state index in [0.717, 1.165) is 6.54 Å². The molecule has 0 aliphatic heterocycles. The molecule has 0 aliphatic carbocycles. The largest absolute Gasteiger partial charge is 0.293 e. The Kier molecular flexibility index (Phi) is 5.85. The van der Waals surface area contributed by atoms with Gasteiger partial charge in [0.25, 0.3) is 5.91 Å². The number of nitriles is 1. The van der Waals surface area contributed by atoms with E-state index in [9.17, 15) is 4.79 Å². The number of hydrazine groups is 1. The minimum absolute atomic E-state index is 0.222. The molecule has 0 radical (unpaired) electrons. The average molecular weight is 184 g/mol. The second-order valence-electron chi connectivity index (χ2n) is 2.72. The molecule has 0 aliphatic rings. The normalized spacial score (nSPS) is 12.2. The molecule has 0 aromatic heterocycles. The first-order chi connectivity index (χ1) is 6.17. The van der Waals surface area contributed by atoms with E-state index in [-0.39, 0.29) is 11.9 Å². The van der Waals surface area contributed by atoms with Gasteiger partial charge in [0.05, 0.1) is 12.1 Å². The van der Waals surface area contributed by atoms with Gasteiger partial charge in [0, 0.05) is 13.0 Å². The highest BCUT2D eigenvalue weighted by atomic mass is 16.2. The number of carbonyl (C=O) groups is 1. The van der Waals surface area contributed by atoms with Crippen LogP contribution in [0.5, 0.6) is 0 Å². The molecular weight excluding hydrogens is 168 g/mol. The quantitative estimate of drug-likeness (QED) is 0.346. The van der Waals surface area contributed by atoms with Gasteiger partial charge in [-0.2, -0.15) is 5.26 Å². The number of likely N-dealkylation sites (N-methyl/N-ethyl adjacent to an activating group) is 1. The highest BCUT2D eigenvalue weighted by molar-refractivity contribution is 5.80. The number of amides is 1. The van der Waals surface area contributed by atoms with Crippen molar-refractivity contribution in [3.8, 4) is 6.07 Å². The molecular formula is C8H16N4O. The minimum atomic E-state index is -0.275. The van der Waals surface area contributed by atoms with Gasteiger partial charge >= 0.3 is 0 Å². The summed E-state index contributed by atoms with van der Waals surface area (Å²) in [5.74, 6) is 4.78. The Bertz CT molecular complexity index is 199. The summed E-state index contributed by atoms with van der Waals surface area (Å²) in [5, 5.41) is 8.39. The zero-order chi connectivity index (χ0) is 10.3. The van der Waals surface area contributed by atoms with Crippen LogP contribution in [0.25, 0.3) is 0 Å². The monoisotopic (exact) mass is 184 g/mol. The van der Waals surface area contributed by atoms with Crippen LogP contribution in [0.2, 0.25) is 0 Å². The number of carbonyl (C=O) groups excluding carboxylic acids is 1. The molecule has 74 valence electrons. The van der Waals surface area contributed by atoms with Crippen molar-refractivity contribution in [1.82, 2.24) is 10.3 Å². The van der Waals surface area contributed by atoms with Crippen molar-refractivity contribution in [2.24, 2.45) is 5.84 Å². The Morgan fingerprint density at radius 2 is 2.38 bits per heavy atom. The lowest BCUT2D eigenvalue weighted by Crippen LogP contribution is -2.47. The smallest absolute Gasteiger partial charge is 0.250 e. The molecule has 1 atom stereocenters. The fourth-order valence-electron chi connectivity index (χ4n) is 1.11. The Balaban J connectivity index is 4.07. The van der Waals surface area contributed by atoms with Gasteiger partial charge in [-0.25, -0.2) is 5.84 Å². The second-order valence-corrected chi connectivity index (χ2v) is 2.72. The van der Waals surface area contributed by atoms with Gasteiger partial charge in [-0.3, -0.25) is 15.1 Å². The van der Waals surface area contributed by atoms with Crippen LogP contribution in [-0.2, 0) is 4.79 Å². The lowest BCUT2D eigenvalue weighted by molar-refractivity contribution is -0.125. The predicted octanol–water partition coefficient (Wildman–Crippen LogP) is -0.400. The fourth-order valence-corrected chi connectivity index (χ4v) is 1.11. The van der Waals surface area contributed by atoms with Crippen molar-refractivity contribution in [3.63, 3.8) is 0 Å². The van der Waals surface area contributed by atoms with Crippen molar-refractivity contribution in [2.75, 3.05) is 13.1 Å². The number of nitrogens with zero attached hydrogens (tertiary/aromatic N) is 2. The van der Waals surface area contributed by atoms with E-state index in [4.69, 9.17) is 11.1 Å². The van der Waals surface area contributed by atoms with Gasteiger partial charge in [-0.05, 0) is 13.5 Å². The molecule has 5 heteroatoms. The first kappa shape index (κ1) is 11.9. The summed E-state index contributed by atoms with van der Waals surface area (Å²) in [6.07, 6.45) is 0.427. The Labute approximate surface area is 78.5 Å². The van der Waals surface area contributed by atoms with Gasteiger partial charge in [-0.1, -0.05) is 6.92 Å². The van der Waals surface area contributed by atoms with Crippen LogP contribution in [-0.4, -0.2) is 29.9 Å². The fraction of sp³-hybridized carbons (Fsp3) is 0.750. The summed E-state index contributed by atoms with van der Waals surface area (Å²) in [5.41, 5.74) is 2.09. The predicted molar refractivity (Wildman–Crippen MR) is 49.3 cm³/mol. The summed E-state index contributed by atoms with van der Waals surface area (Å²) in [6.45, 7) is 5.04. The molecule has 0 heterocycles. The molecule has 0 spiro atoms. The van der Waals surface area contributed by atoms with Crippen LogP contribution in [0.15, 0.2) is 0 Å². The van der Waals surface area contributed by atoms with Crippen LogP contribution in [0.3, 0.4) is 0 Å². The van der Waals surface area contributed by atoms with E-state index in [1.165, 1.54) is 0 Å². The second kappa shape index (κ2) is 6.40. The Hall–Kier alpha value is -1.12. The first-order valence-electron chi connectivity index (χ1n) is 4.28. The van der Waals surface area contributed by atoms with Crippen LogP contribution >= 0.6 is 0 Å². The van der Waals surface area contributed by atoms with Gasteiger partial charge in [0.2, 0.25) is 0 Å². The lowest BCUT2D eigenvalue weighted by Gasteiger charge is -2.24. The maximum absolute atomic E-state index is 11.1. The maximum atomic E-state index is 11.1. The van der Waals surface area contributed by atoms with E-state index >= 15 is 0 Å². The summed E-state index contributed by atoms with van der Waals surface area (Å²) < 4.78 is 0. The molecule has 1 amide bonds. The van der Waals surface area contributed by atoms with Crippen molar-refractivity contribution >= 4 is 5.91 Å². The molecule has 0 aromatic rings. The average Bonchev–Trinajstić information content (AvgIpc) is 2.17. The molecule has 0 bridgehead atoms. The summed E-state index contributed by atoms with van der Waals surface area (Å²) in [4.78, 5) is 13.0. The number of hydrogen-bond acceptors (Lipinski definition) is 4. The molecule has 1 unspecified atom stereocenters. The maximum Gasteiger partial charge on any atom is 0.250 e. The summed E-state index contributed by atoms with van der Waals surface area (Å²) in [6, 6.07) is 1.77. The van der Waals surface area contributed by atoms with E-state index in [1.54, 1.807) is 6.92 Å². The van der Waals surface area contributed by atoms with E-state index < -0.39 is 0 Å². The Morgan fingerprint density at radius 1 is 1.77 bits per heavy atom. The lowest BCUT2D eigenvalue weighted by atomic mass is 10.2. The third-order valence-electron chi connectivity index (χ3n) is 1.99. The Morgan fingerprint density at radius 3 is 2.77 bits per heavy atom. The van der Waals surface area contributed by atoms with Crippen molar-refractivity contribution < 1.29 is 4.79 Å². The number of nitrogens with two attached hydrogens (primary N) is 1. The summed E-state index contributed by atoms with van der Waals surface area (Å²) in [7, 11) is 0. The van der Waals surface area contributed by atoms with Gasteiger partial charge in [-0.15, -0.1) is 0 Å². The third-order valence-corrected chi connectivity index (χ3v) is 1.99. The number of nitrogens with one attached hydrogen (secondary N) is 1. The van der Waals surface area contributed by atoms with Crippen LogP contribution in [0.4, 0.5) is 0 Å². The zero-order valence-corrected chi connectivity index (χ0v) is 8.08. The van der Waals surface area contributed by atoms with Gasteiger partial charge < -0.3 is 0 Å².